The highest BCUT2D eigenvalue weighted by molar-refractivity contribution is 6.30. The topological polar surface area (TPSA) is 15.3 Å². The molecule has 1 N–H and O–H groups in total. The maximum absolute atomic E-state index is 6.25. The van der Waals surface area contributed by atoms with Crippen LogP contribution in [0.5, 0.6) is 0 Å². The average molecular weight is 309 g/mol. The minimum absolute atomic E-state index is 0.502. The molecule has 1 unspecified atom stereocenters. The van der Waals surface area contributed by atoms with Gasteiger partial charge in [0.1, 0.15) is 0 Å². The predicted molar refractivity (Wildman–Crippen MR) is 93.3 cm³/mol. The van der Waals surface area contributed by atoms with Crippen LogP contribution in [0.1, 0.15) is 52.0 Å². The summed E-state index contributed by atoms with van der Waals surface area (Å²) in [5.74, 6) is 0.895. The number of anilines is 1. The number of hydrogen-bond donors (Lipinski definition) is 1. The number of nitrogens with one attached hydrogen (secondary N) is 1. The average Bonchev–Trinajstić information content (AvgIpc) is 2.71. The lowest BCUT2D eigenvalue weighted by Gasteiger charge is -2.26. The van der Waals surface area contributed by atoms with Gasteiger partial charge in [-0.25, -0.2) is 0 Å². The molecule has 0 spiro atoms. The molecule has 1 aromatic carbocycles. The number of halogens is 1. The maximum Gasteiger partial charge on any atom is 0.0426 e. The van der Waals surface area contributed by atoms with Gasteiger partial charge in [-0.05, 0) is 42.9 Å². The van der Waals surface area contributed by atoms with Crippen molar-refractivity contribution in [2.45, 2.75) is 59.0 Å². The van der Waals surface area contributed by atoms with E-state index in [2.05, 4.69) is 43.1 Å². The summed E-state index contributed by atoms with van der Waals surface area (Å²) >= 11 is 6.25. The second-order valence-electron chi connectivity index (χ2n) is 6.50. The molecule has 21 heavy (non-hydrogen) atoms. The Morgan fingerprint density at radius 1 is 1.29 bits per heavy atom. The van der Waals surface area contributed by atoms with Crippen molar-refractivity contribution in [3.63, 3.8) is 0 Å². The molecule has 118 valence electrons. The van der Waals surface area contributed by atoms with Crippen molar-refractivity contribution in [3.8, 4) is 0 Å². The highest BCUT2D eigenvalue weighted by atomic mass is 35.5. The fraction of sp³-hybridized carbons (Fsp3) is 0.667. The molecule has 0 saturated carbocycles. The minimum Gasteiger partial charge on any atom is -0.371 e. The molecule has 1 heterocycles. The zero-order chi connectivity index (χ0) is 15.2. The Balaban J connectivity index is 2.14. The van der Waals surface area contributed by atoms with Crippen LogP contribution in [0.3, 0.4) is 0 Å². The van der Waals surface area contributed by atoms with Crippen LogP contribution in [-0.2, 0) is 6.54 Å². The van der Waals surface area contributed by atoms with Crippen LogP contribution in [0.2, 0.25) is 5.02 Å². The van der Waals surface area contributed by atoms with Crippen LogP contribution >= 0.6 is 11.6 Å². The molecule has 1 aliphatic heterocycles. The van der Waals surface area contributed by atoms with E-state index in [1.807, 2.05) is 6.07 Å². The summed E-state index contributed by atoms with van der Waals surface area (Å²) in [6, 6.07) is 6.83. The Morgan fingerprint density at radius 2 is 2.10 bits per heavy atom. The first-order valence-electron chi connectivity index (χ1n) is 8.37. The van der Waals surface area contributed by atoms with E-state index in [9.17, 15) is 0 Å². The molecular formula is C18H29ClN2. The zero-order valence-corrected chi connectivity index (χ0v) is 14.4. The number of hydrogen-bond acceptors (Lipinski definition) is 2. The smallest absolute Gasteiger partial charge is 0.0426 e. The molecule has 0 radical (unpaired) electrons. The maximum atomic E-state index is 6.25. The molecule has 2 nitrogen and oxygen atoms in total. The highest BCUT2D eigenvalue weighted by Crippen LogP contribution is 2.29. The largest absolute Gasteiger partial charge is 0.371 e. The molecule has 2 rings (SSSR count). The van der Waals surface area contributed by atoms with Crippen molar-refractivity contribution in [2.24, 2.45) is 5.92 Å². The van der Waals surface area contributed by atoms with Gasteiger partial charge in [0.2, 0.25) is 0 Å². The van der Waals surface area contributed by atoms with Gasteiger partial charge in [-0.3, -0.25) is 0 Å². The molecular weight excluding hydrogens is 280 g/mol. The van der Waals surface area contributed by atoms with E-state index in [1.165, 1.54) is 36.9 Å². The fourth-order valence-corrected chi connectivity index (χ4v) is 3.28. The third-order valence-corrected chi connectivity index (χ3v) is 4.75. The first kappa shape index (κ1) is 16.6. The van der Waals surface area contributed by atoms with Crippen LogP contribution in [0, 0.1) is 5.92 Å². The van der Waals surface area contributed by atoms with Gasteiger partial charge in [-0.1, -0.05) is 44.9 Å². The first-order chi connectivity index (χ1) is 10.1. The zero-order valence-electron chi connectivity index (χ0n) is 13.7. The van der Waals surface area contributed by atoms with Crippen molar-refractivity contribution in [1.82, 2.24) is 5.32 Å². The summed E-state index contributed by atoms with van der Waals surface area (Å²) in [5, 5.41) is 4.37. The van der Waals surface area contributed by atoms with Crippen molar-refractivity contribution in [3.05, 3.63) is 28.8 Å². The fourth-order valence-electron chi connectivity index (χ4n) is 3.11. The van der Waals surface area contributed by atoms with E-state index >= 15 is 0 Å². The monoisotopic (exact) mass is 308 g/mol. The van der Waals surface area contributed by atoms with Crippen LogP contribution in [0.15, 0.2) is 18.2 Å². The number of benzene rings is 1. The summed E-state index contributed by atoms with van der Waals surface area (Å²) in [5.41, 5.74) is 2.69. The van der Waals surface area contributed by atoms with Crippen LogP contribution in [-0.4, -0.2) is 19.1 Å². The van der Waals surface area contributed by atoms with Gasteiger partial charge < -0.3 is 10.2 Å². The second-order valence-corrected chi connectivity index (χ2v) is 6.94. The first-order valence-corrected chi connectivity index (χ1v) is 8.74. The lowest BCUT2D eigenvalue weighted by atomic mass is 9.98. The van der Waals surface area contributed by atoms with Gasteiger partial charge in [0.25, 0.3) is 0 Å². The molecule has 1 aromatic rings. The van der Waals surface area contributed by atoms with Gasteiger partial charge >= 0.3 is 0 Å². The lowest BCUT2D eigenvalue weighted by Crippen LogP contribution is -2.28. The predicted octanol–water partition coefficient (Wildman–Crippen LogP) is 4.85. The van der Waals surface area contributed by atoms with Gasteiger partial charge in [0, 0.05) is 36.4 Å². The number of nitrogens with zero attached hydrogens (tertiary/aromatic N) is 1. The van der Waals surface area contributed by atoms with E-state index in [-0.39, 0.29) is 0 Å². The molecule has 1 aliphatic rings. The Hall–Kier alpha value is -0.730. The van der Waals surface area contributed by atoms with Crippen molar-refractivity contribution >= 4 is 17.3 Å². The standard InChI is InChI=1S/C18H29ClN2/c1-4-15-6-5-10-21(11-9-15)18-12-17(19)8-7-16(18)13-20-14(2)3/h7-8,12,14-15,20H,4-6,9-11,13H2,1-3H3. The summed E-state index contributed by atoms with van der Waals surface area (Å²) in [4.78, 5) is 2.54. The third kappa shape index (κ3) is 4.89. The van der Waals surface area contributed by atoms with E-state index in [0.29, 0.717) is 6.04 Å². The van der Waals surface area contributed by atoms with Crippen LogP contribution < -0.4 is 10.2 Å². The normalized spacial score (nSPS) is 19.9. The molecule has 3 heteroatoms. The van der Waals surface area contributed by atoms with Gasteiger partial charge in [-0.15, -0.1) is 0 Å². The Kier molecular flexibility index (Phi) is 6.38. The molecule has 1 atom stereocenters. The molecule has 0 bridgehead atoms. The van der Waals surface area contributed by atoms with Gasteiger partial charge in [0.15, 0.2) is 0 Å². The summed E-state index contributed by atoms with van der Waals surface area (Å²) in [6.07, 6.45) is 5.28. The SMILES string of the molecule is CCC1CCCN(c2cc(Cl)ccc2CNC(C)C)CC1. The molecule has 0 aliphatic carbocycles. The molecule has 1 fully saturated rings. The molecule has 0 aromatic heterocycles. The van der Waals surface area contributed by atoms with Gasteiger partial charge in [-0.2, -0.15) is 0 Å². The van der Waals surface area contributed by atoms with Crippen molar-refractivity contribution < 1.29 is 0 Å². The Morgan fingerprint density at radius 3 is 2.81 bits per heavy atom. The summed E-state index contributed by atoms with van der Waals surface area (Å²) in [7, 11) is 0. The van der Waals surface area contributed by atoms with Gasteiger partial charge in [0.05, 0.1) is 0 Å². The quantitative estimate of drug-likeness (QED) is 0.836. The van der Waals surface area contributed by atoms with E-state index in [0.717, 1.165) is 30.6 Å². The van der Waals surface area contributed by atoms with Crippen molar-refractivity contribution in [2.75, 3.05) is 18.0 Å². The highest BCUT2D eigenvalue weighted by Gasteiger charge is 2.18. The number of rotatable bonds is 5. The third-order valence-electron chi connectivity index (χ3n) is 4.51. The second kappa shape index (κ2) is 8.05. The van der Waals surface area contributed by atoms with E-state index in [4.69, 9.17) is 11.6 Å². The summed E-state index contributed by atoms with van der Waals surface area (Å²) < 4.78 is 0. The van der Waals surface area contributed by atoms with Crippen molar-refractivity contribution in [1.29, 1.82) is 0 Å². The Labute approximate surface area is 134 Å². The lowest BCUT2D eigenvalue weighted by molar-refractivity contribution is 0.459. The van der Waals surface area contributed by atoms with Crippen LogP contribution in [0.4, 0.5) is 5.69 Å². The molecule has 0 amide bonds. The summed E-state index contributed by atoms with van der Waals surface area (Å²) in [6.45, 7) is 9.93. The molecule has 1 saturated heterocycles. The van der Waals surface area contributed by atoms with E-state index in [1.54, 1.807) is 0 Å². The van der Waals surface area contributed by atoms with Crippen LogP contribution in [0.25, 0.3) is 0 Å². The minimum atomic E-state index is 0.502. The Bertz CT molecular complexity index is 445. The van der Waals surface area contributed by atoms with E-state index < -0.39 is 0 Å².